The van der Waals surface area contributed by atoms with Crippen LogP contribution in [0.25, 0.3) is 10.9 Å². The Bertz CT molecular complexity index is 1070. The minimum absolute atomic E-state index is 0.0788. The van der Waals surface area contributed by atoms with Crippen molar-refractivity contribution in [3.05, 3.63) is 71.9 Å². The highest BCUT2D eigenvalue weighted by atomic mass is 16.2. The minimum Gasteiger partial charge on any atom is -0.320 e. The fraction of sp³-hybridized carbons (Fsp3) is 0.143. The number of likely N-dealkylation sites (tertiary alicyclic amines) is 1. The van der Waals surface area contributed by atoms with E-state index in [1.165, 1.54) is 7.05 Å². The average Bonchev–Trinajstić information content (AvgIpc) is 2.95. The maximum absolute atomic E-state index is 13.0. The van der Waals surface area contributed by atoms with Crippen LogP contribution >= 0.6 is 0 Å². The molecule has 0 saturated carbocycles. The molecule has 0 radical (unpaired) electrons. The lowest BCUT2D eigenvalue weighted by Gasteiger charge is -2.14. The number of rotatable bonds is 3. The van der Waals surface area contributed by atoms with Crippen LogP contribution in [0.1, 0.15) is 28.3 Å². The molecule has 6 heteroatoms. The molecule has 1 fully saturated rings. The van der Waals surface area contributed by atoms with Gasteiger partial charge in [-0.2, -0.15) is 0 Å². The van der Waals surface area contributed by atoms with Gasteiger partial charge in [0.05, 0.1) is 17.1 Å². The normalized spacial score (nSPS) is 16.8. The molecule has 2 heterocycles. The molecule has 4 rings (SSSR count). The summed E-state index contributed by atoms with van der Waals surface area (Å²) < 4.78 is 0. The fourth-order valence-corrected chi connectivity index (χ4v) is 3.40. The lowest BCUT2D eigenvalue weighted by atomic mass is 9.92. The molecule has 3 amide bonds. The van der Waals surface area contributed by atoms with Crippen LogP contribution in [0.15, 0.2) is 60.8 Å². The van der Waals surface area contributed by atoms with E-state index in [1.807, 2.05) is 24.3 Å². The number of hydrogen-bond donors (Lipinski definition) is 1. The Morgan fingerprint density at radius 2 is 1.85 bits per heavy atom. The molecule has 1 unspecified atom stereocenters. The van der Waals surface area contributed by atoms with Crippen LogP contribution in [0.5, 0.6) is 0 Å². The van der Waals surface area contributed by atoms with Crippen LogP contribution in [-0.4, -0.2) is 34.7 Å². The second-order valence-electron chi connectivity index (χ2n) is 6.47. The second-order valence-corrected chi connectivity index (χ2v) is 6.47. The van der Waals surface area contributed by atoms with E-state index in [4.69, 9.17) is 0 Å². The first-order valence-electron chi connectivity index (χ1n) is 8.60. The van der Waals surface area contributed by atoms with E-state index in [0.717, 1.165) is 10.3 Å². The first kappa shape index (κ1) is 16.9. The largest absolute Gasteiger partial charge is 0.320 e. The molecule has 1 N–H and O–H groups in total. The number of hydrogen-bond acceptors (Lipinski definition) is 4. The van der Waals surface area contributed by atoms with Gasteiger partial charge in [0.2, 0.25) is 11.8 Å². The van der Waals surface area contributed by atoms with Crippen molar-refractivity contribution in [3.63, 3.8) is 0 Å². The van der Waals surface area contributed by atoms with Gasteiger partial charge in [-0.3, -0.25) is 24.3 Å². The van der Waals surface area contributed by atoms with Gasteiger partial charge in [0, 0.05) is 30.6 Å². The lowest BCUT2D eigenvalue weighted by molar-refractivity contribution is -0.137. The first-order chi connectivity index (χ1) is 13.1. The average molecular weight is 359 g/mol. The molecule has 1 aromatic heterocycles. The van der Waals surface area contributed by atoms with E-state index in [9.17, 15) is 14.4 Å². The van der Waals surface area contributed by atoms with E-state index in [0.29, 0.717) is 22.3 Å². The Morgan fingerprint density at radius 3 is 2.63 bits per heavy atom. The molecule has 27 heavy (non-hydrogen) atoms. The fourth-order valence-electron chi connectivity index (χ4n) is 3.40. The Morgan fingerprint density at radius 1 is 1.07 bits per heavy atom. The van der Waals surface area contributed by atoms with Crippen molar-refractivity contribution < 1.29 is 14.4 Å². The van der Waals surface area contributed by atoms with Crippen molar-refractivity contribution in [2.24, 2.45) is 0 Å². The van der Waals surface area contributed by atoms with Crippen molar-refractivity contribution in [2.45, 2.75) is 12.3 Å². The number of benzene rings is 2. The van der Waals surface area contributed by atoms with Crippen molar-refractivity contribution in [3.8, 4) is 0 Å². The molecule has 134 valence electrons. The van der Waals surface area contributed by atoms with Gasteiger partial charge in [-0.25, -0.2) is 0 Å². The van der Waals surface area contributed by atoms with Crippen LogP contribution in [-0.2, 0) is 9.59 Å². The molecule has 3 aromatic rings. The molecule has 0 spiro atoms. The summed E-state index contributed by atoms with van der Waals surface area (Å²) in [6.07, 6.45) is 1.75. The van der Waals surface area contributed by atoms with Gasteiger partial charge in [-0.1, -0.05) is 36.4 Å². The summed E-state index contributed by atoms with van der Waals surface area (Å²) in [5.74, 6) is -1.49. The van der Waals surface area contributed by atoms with E-state index < -0.39 is 5.92 Å². The van der Waals surface area contributed by atoms with Crippen LogP contribution < -0.4 is 5.32 Å². The van der Waals surface area contributed by atoms with Crippen LogP contribution in [0.2, 0.25) is 0 Å². The number of para-hydroxylation sites is 1. The van der Waals surface area contributed by atoms with Gasteiger partial charge in [-0.15, -0.1) is 0 Å². The van der Waals surface area contributed by atoms with Gasteiger partial charge in [0.25, 0.3) is 5.91 Å². The Balaban J connectivity index is 1.69. The Kier molecular flexibility index (Phi) is 4.16. The van der Waals surface area contributed by atoms with E-state index in [-0.39, 0.29) is 24.1 Å². The summed E-state index contributed by atoms with van der Waals surface area (Å²) in [5, 5.41) is 3.81. The highest BCUT2D eigenvalue weighted by Crippen LogP contribution is 2.31. The summed E-state index contributed by atoms with van der Waals surface area (Å²) in [5.41, 5.74) is 2.23. The maximum atomic E-state index is 13.0. The topological polar surface area (TPSA) is 79.4 Å². The third kappa shape index (κ3) is 2.95. The molecule has 2 aromatic carbocycles. The van der Waals surface area contributed by atoms with Gasteiger partial charge in [0.1, 0.15) is 0 Å². The lowest BCUT2D eigenvalue weighted by Crippen LogP contribution is -2.26. The summed E-state index contributed by atoms with van der Waals surface area (Å²) in [6.45, 7) is 0. The number of nitrogens with zero attached hydrogens (tertiary/aromatic N) is 2. The minimum atomic E-state index is -0.630. The molecule has 1 saturated heterocycles. The third-order valence-corrected chi connectivity index (χ3v) is 4.84. The van der Waals surface area contributed by atoms with E-state index in [1.54, 1.807) is 36.5 Å². The van der Waals surface area contributed by atoms with Crippen molar-refractivity contribution in [1.29, 1.82) is 0 Å². The second kappa shape index (κ2) is 6.64. The standard InChI is InChI=1S/C21H17N3O3/c1-24-18(25)12-16(21(24)27)14-8-2-3-9-15(14)20(26)23-17-10-4-6-13-7-5-11-22-19(13)17/h2-11,16H,12H2,1H3,(H,23,26). The summed E-state index contributed by atoms with van der Waals surface area (Å²) in [6, 6.07) is 16.2. The quantitative estimate of drug-likeness (QED) is 0.729. The van der Waals surface area contributed by atoms with Crippen LogP contribution in [0.3, 0.4) is 0 Å². The molecular weight excluding hydrogens is 342 g/mol. The third-order valence-electron chi connectivity index (χ3n) is 4.84. The van der Waals surface area contributed by atoms with Crippen molar-refractivity contribution in [2.75, 3.05) is 12.4 Å². The summed E-state index contributed by atoms with van der Waals surface area (Å²) in [7, 11) is 1.47. The number of nitrogens with one attached hydrogen (secondary N) is 1. The van der Waals surface area contributed by atoms with Gasteiger partial charge in [0.15, 0.2) is 0 Å². The number of anilines is 1. The monoisotopic (exact) mass is 359 g/mol. The number of amides is 3. The molecule has 6 nitrogen and oxygen atoms in total. The van der Waals surface area contributed by atoms with Crippen LogP contribution in [0.4, 0.5) is 5.69 Å². The van der Waals surface area contributed by atoms with E-state index in [2.05, 4.69) is 10.3 Å². The molecule has 0 bridgehead atoms. The smallest absolute Gasteiger partial charge is 0.256 e. The Hall–Kier alpha value is -3.54. The number of fused-ring (bicyclic) bond motifs is 1. The molecular formula is C21H17N3O3. The zero-order valence-electron chi connectivity index (χ0n) is 14.7. The summed E-state index contributed by atoms with van der Waals surface area (Å²) >= 11 is 0. The number of aromatic nitrogens is 1. The predicted octanol–water partition coefficient (Wildman–Crippen LogP) is 2.96. The van der Waals surface area contributed by atoms with Gasteiger partial charge < -0.3 is 5.32 Å². The SMILES string of the molecule is CN1C(=O)CC(c2ccccc2C(=O)Nc2cccc3cccnc23)C1=O. The molecule has 1 atom stereocenters. The number of imide groups is 1. The van der Waals surface area contributed by atoms with Gasteiger partial charge >= 0.3 is 0 Å². The zero-order chi connectivity index (χ0) is 19.0. The Labute approximate surface area is 155 Å². The van der Waals surface area contributed by atoms with E-state index >= 15 is 0 Å². The van der Waals surface area contributed by atoms with Crippen molar-refractivity contribution >= 4 is 34.3 Å². The molecule has 1 aliphatic rings. The predicted molar refractivity (Wildman–Crippen MR) is 101 cm³/mol. The summed E-state index contributed by atoms with van der Waals surface area (Å²) in [4.78, 5) is 42.7. The van der Waals surface area contributed by atoms with Gasteiger partial charge in [-0.05, 0) is 23.8 Å². The molecule has 0 aliphatic carbocycles. The highest BCUT2D eigenvalue weighted by Gasteiger charge is 2.38. The number of carbonyl (C=O) groups excluding carboxylic acids is 3. The first-order valence-corrected chi connectivity index (χ1v) is 8.60. The van der Waals surface area contributed by atoms with Crippen LogP contribution in [0, 0.1) is 0 Å². The van der Waals surface area contributed by atoms with Crippen molar-refractivity contribution in [1.82, 2.24) is 9.88 Å². The molecule has 1 aliphatic heterocycles. The zero-order valence-corrected chi connectivity index (χ0v) is 14.7. The highest BCUT2D eigenvalue weighted by molar-refractivity contribution is 6.11. The number of likely N-dealkylation sites (N-methyl/N-ethyl adjacent to an activating group) is 1. The number of pyridine rings is 1. The maximum Gasteiger partial charge on any atom is 0.256 e. The number of carbonyl (C=O) groups is 3.